The normalized spacial score (nSPS) is 11.8. The Bertz CT molecular complexity index is 1010. The van der Waals surface area contributed by atoms with E-state index in [0.717, 1.165) is 23.0 Å². The van der Waals surface area contributed by atoms with Gasteiger partial charge in [-0.3, -0.25) is 0 Å². The molecule has 1 unspecified atom stereocenters. The Kier molecular flexibility index (Phi) is 11.2. The van der Waals surface area contributed by atoms with Gasteiger partial charge in [-0.2, -0.15) is 0 Å². The lowest BCUT2D eigenvalue weighted by Gasteiger charge is -2.26. The molecule has 0 bridgehead atoms. The highest BCUT2D eigenvalue weighted by atomic mass is 16.6. The van der Waals surface area contributed by atoms with Crippen LogP contribution in [0, 0.1) is 0 Å². The molecule has 0 fully saturated rings. The number of carbonyl (C=O) groups excluding carboxylic acids is 2. The Labute approximate surface area is 213 Å². The molecule has 0 aliphatic heterocycles. The summed E-state index contributed by atoms with van der Waals surface area (Å²) in [6, 6.07) is 15.9. The summed E-state index contributed by atoms with van der Waals surface area (Å²) in [6.07, 6.45) is 0.971. The van der Waals surface area contributed by atoms with Gasteiger partial charge in [0.15, 0.2) is 0 Å². The van der Waals surface area contributed by atoms with E-state index in [4.69, 9.17) is 23.7 Å². The molecule has 0 aliphatic carbocycles. The number of hydrogen-bond acceptors (Lipinski definition) is 7. The largest absolute Gasteiger partial charge is 0.491 e. The summed E-state index contributed by atoms with van der Waals surface area (Å²) in [4.78, 5) is 22.4. The molecule has 1 atom stereocenters. The fraction of sp³-hybridized carbons (Fsp3) is 0.379. The van der Waals surface area contributed by atoms with Crippen molar-refractivity contribution in [2.75, 3.05) is 33.0 Å². The molecule has 0 aromatic heterocycles. The first kappa shape index (κ1) is 28.7. The highest BCUT2D eigenvalue weighted by Gasteiger charge is 2.23. The summed E-state index contributed by atoms with van der Waals surface area (Å²) in [7, 11) is 0. The molecule has 0 radical (unpaired) electrons. The molecule has 2 aromatic rings. The minimum Gasteiger partial charge on any atom is -0.491 e. The zero-order valence-corrected chi connectivity index (χ0v) is 21.6. The molecule has 36 heavy (non-hydrogen) atoms. The predicted molar refractivity (Wildman–Crippen MR) is 138 cm³/mol. The Hall–Kier alpha value is -3.58. The fourth-order valence-corrected chi connectivity index (χ4v) is 3.23. The molecule has 0 saturated carbocycles. The van der Waals surface area contributed by atoms with Gasteiger partial charge in [0.2, 0.25) is 0 Å². The van der Waals surface area contributed by atoms with Crippen molar-refractivity contribution in [3.8, 4) is 11.5 Å². The molecule has 0 aliphatic rings. The third kappa shape index (κ3) is 9.23. The van der Waals surface area contributed by atoms with Gasteiger partial charge in [0, 0.05) is 17.1 Å². The van der Waals surface area contributed by atoms with E-state index in [1.165, 1.54) is 0 Å². The van der Waals surface area contributed by atoms with Crippen LogP contribution in [0.2, 0.25) is 0 Å². The van der Waals surface area contributed by atoms with E-state index in [9.17, 15) is 9.59 Å². The maximum absolute atomic E-state index is 11.4. The van der Waals surface area contributed by atoms with Gasteiger partial charge >= 0.3 is 11.9 Å². The number of ether oxygens (including phenoxy) is 5. The van der Waals surface area contributed by atoms with Crippen molar-refractivity contribution in [1.29, 1.82) is 0 Å². The average Bonchev–Trinajstić information content (AvgIpc) is 2.88. The summed E-state index contributed by atoms with van der Waals surface area (Å²) >= 11 is 0. The van der Waals surface area contributed by atoms with Crippen molar-refractivity contribution in [1.82, 2.24) is 0 Å². The molecule has 7 nitrogen and oxygen atoms in total. The standard InChI is InChI=1S/C29H36O7/c1-7-27(30)34-18-16-32-22(4)20-36-26-14-10-24(11-15-26)29(5,6)23-8-12-25(13-9-23)33-17-19-35-28(31)21(2)3/h7-15,22H,1-2,16-20H2,3-6H3. The Balaban J connectivity index is 1.82. The molecular formula is C29H36O7. The third-order valence-electron chi connectivity index (χ3n) is 5.47. The van der Waals surface area contributed by atoms with Gasteiger partial charge in [-0.25, -0.2) is 9.59 Å². The second kappa shape index (κ2) is 14.1. The van der Waals surface area contributed by atoms with Crippen LogP contribution in [0.5, 0.6) is 11.5 Å². The SMILES string of the molecule is C=CC(=O)OCCOC(C)COc1ccc(C(C)(C)c2ccc(OCCOC(=O)C(=C)C)cc2)cc1. The smallest absolute Gasteiger partial charge is 0.333 e. The maximum Gasteiger partial charge on any atom is 0.333 e. The van der Waals surface area contributed by atoms with Gasteiger partial charge in [0.25, 0.3) is 0 Å². The van der Waals surface area contributed by atoms with Crippen LogP contribution in [-0.2, 0) is 29.2 Å². The summed E-state index contributed by atoms with van der Waals surface area (Å²) < 4.78 is 27.0. The van der Waals surface area contributed by atoms with E-state index >= 15 is 0 Å². The minimum atomic E-state index is -0.464. The van der Waals surface area contributed by atoms with Crippen LogP contribution in [-0.4, -0.2) is 51.1 Å². The highest BCUT2D eigenvalue weighted by molar-refractivity contribution is 5.86. The third-order valence-corrected chi connectivity index (χ3v) is 5.47. The van der Waals surface area contributed by atoms with Crippen molar-refractivity contribution in [3.63, 3.8) is 0 Å². The molecule has 0 heterocycles. The lowest BCUT2D eigenvalue weighted by Crippen LogP contribution is -2.21. The predicted octanol–water partition coefficient (Wildman–Crippen LogP) is 5.02. The van der Waals surface area contributed by atoms with Crippen LogP contribution in [0.3, 0.4) is 0 Å². The topological polar surface area (TPSA) is 80.3 Å². The quantitative estimate of drug-likeness (QED) is 0.194. The summed E-state index contributed by atoms with van der Waals surface area (Å²) in [5, 5.41) is 0. The number of rotatable bonds is 15. The first-order valence-electron chi connectivity index (χ1n) is 11.8. The molecule has 2 rings (SSSR count). The summed E-state index contributed by atoms with van der Waals surface area (Å²) in [6.45, 7) is 16.0. The highest BCUT2D eigenvalue weighted by Crippen LogP contribution is 2.33. The zero-order chi connectivity index (χ0) is 26.6. The van der Waals surface area contributed by atoms with Crippen LogP contribution < -0.4 is 9.47 Å². The van der Waals surface area contributed by atoms with Gasteiger partial charge in [-0.1, -0.05) is 51.3 Å². The Morgan fingerprint density at radius 2 is 1.39 bits per heavy atom. The van der Waals surface area contributed by atoms with Gasteiger partial charge in [-0.15, -0.1) is 0 Å². The van der Waals surface area contributed by atoms with Crippen molar-refractivity contribution in [2.24, 2.45) is 0 Å². The zero-order valence-electron chi connectivity index (χ0n) is 21.6. The fourth-order valence-electron chi connectivity index (χ4n) is 3.23. The van der Waals surface area contributed by atoms with Crippen molar-refractivity contribution >= 4 is 11.9 Å². The van der Waals surface area contributed by atoms with Crippen molar-refractivity contribution in [3.05, 3.63) is 84.5 Å². The van der Waals surface area contributed by atoms with Crippen LogP contribution in [0.25, 0.3) is 0 Å². The number of esters is 2. The number of carbonyl (C=O) groups is 2. The van der Waals surface area contributed by atoms with Gasteiger partial charge in [-0.05, 0) is 49.2 Å². The second-order valence-corrected chi connectivity index (χ2v) is 8.80. The second-order valence-electron chi connectivity index (χ2n) is 8.80. The van der Waals surface area contributed by atoms with Crippen LogP contribution in [0.4, 0.5) is 0 Å². The number of benzene rings is 2. The molecule has 2 aromatic carbocycles. The Morgan fingerprint density at radius 3 is 1.92 bits per heavy atom. The Morgan fingerprint density at radius 1 is 0.861 bits per heavy atom. The van der Waals surface area contributed by atoms with E-state index in [1.807, 2.05) is 43.3 Å². The molecule has 0 N–H and O–H groups in total. The number of hydrogen-bond donors (Lipinski definition) is 0. The van der Waals surface area contributed by atoms with E-state index < -0.39 is 11.9 Å². The van der Waals surface area contributed by atoms with E-state index in [1.54, 1.807) is 6.92 Å². The molecule has 0 saturated heterocycles. The van der Waals surface area contributed by atoms with Gasteiger partial charge in [0.1, 0.15) is 37.9 Å². The van der Waals surface area contributed by atoms with Crippen molar-refractivity contribution in [2.45, 2.75) is 39.2 Å². The van der Waals surface area contributed by atoms with E-state index in [-0.39, 0.29) is 31.3 Å². The molecule has 194 valence electrons. The first-order valence-corrected chi connectivity index (χ1v) is 11.8. The summed E-state index contributed by atoms with van der Waals surface area (Å²) in [5.41, 5.74) is 2.42. The van der Waals surface area contributed by atoms with Crippen LogP contribution in [0.15, 0.2) is 73.3 Å². The average molecular weight is 497 g/mol. The molecular weight excluding hydrogens is 460 g/mol. The molecule has 0 amide bonds. The summed E-state index contributed by atoms with van der Waals surface area (Å²) in [5.74, 6) is 0.575. The van der Waals surface area contributed by atoms with E-state index in [2.05, 4.69) is 39.1 Å². The van der Waals surface area contributed by atoms with Crippen LogP contribution >= 0.6 is 0 Å². The minimum absolute atomic E-state index is 0.151. The molecule has 0 spiro atoms. The van der Waals surface area contributed by atoms with Crippen molar-refractivity contribution < 1.29 is 33.3 Å². The van der Waals surface area contributed by atoms with Gasteiger partial charge < -0.3 is 23.7 Å². The molecule has 7 heteroatoms. The lowest BCUT2D eigenvalue weighted by atomic mass is 9.78. The maximum atomic E-state index is 11.4. The monoisotopic (exact) mass is 496 g/mol. The lowest BCUT2D eigenvalue weighted by molar-refractivity contribution is -0.140. The van der Waals surface area contributed by atoms with Crippen LogP contribution in [0.1, 0.15) is 38.8 Å². The van der Waals surface area contributed by atoms with Gasteiger partial charge in [0.05, 0.1) is 12.7 Å². The van der Waals surface area contributed by atoms with E-state index in [0.29, 0.717) is 24.5 Å². The first-order chi connectivity index (χ1) is 17.1.